The van der Waals surface area contributed by atoms with Crippen molar-refractivity contribution in [3.63, 3.8) is 0 Å². The monoisotopic (exact) mass is 146 g/mol. The van der Waals surface area contributed by atoms with Crippen LogP contribution in [0.15, 0.2) is 11.1 Å². The van der Waals surface area contributed by atoms with Crippen LogP contribution in [0.4, 0.5) is 0 Å². The van der Waals surface area contributed by atoms with Crippen molar-refractivity contribution in [3.05, 3.63) is 11.1 Å². The molecule has 0 spiro atoms. The Morgan fingerprint density at radius 1 is 1.56 bits per heavy atom. The summed E-state index contributed by atoms with van der Waals surface area (Å²) in [7, 11) is 0. The first-order valence-corrected chi connectivity index (χ1v) is 3.29. The largest absolute Gasteiger partial charge is 0.331 e. The highest BCUT2D eigenvalue weighted by Gasteiger charge is 2.12. The third-order valence-electron chi connectivity index (χ3n) is 0.988. The average Bonchev–Trinajstić information content (AvgIpc) is 1.64. The number of hydrazine groups is 1. The summed E-state index contributed by atoms with van der Waals surface area (Å²) >= 11 is 4.21. The lowest BCUT2D eigenvalue weighted by atomic mass is 9.97. The molecule has 0 amide bonds. The van der Waals surface area contributed by atoms with E-state index in [1.807, 2.05) is 0 Å². The molecule has 0 saturated carbocycles. The van der Waals surface area contributed by atoms with Gasteiger partial charge in [0.25, 0.3) is 0 Å². The fourth-order valence-corrected chi connectivity index (χ4v) is 0.370. The van der Waals surface area contributed by atoms with Gasteiger partial charge in [0, 0.05) is 11.1 Å². The maximum absolute atomic E-state index is 5.05. The molecule has 0 aliphatic carbocycles. The molecule has 0 aromatic heterocycles. The zero-order chi connectivity index (χ0) is 7.49. The van der Waals surface area contributed by atoms with Gasteiger partial charge in [0.2, 0.25) is 0 Å². The number of hydrogen-bond acceptors (Lipinski definition) is 3. The Kier molecular flexibility index (Phi) is 3.08. The van der Waals surface area contributed by atoms with E-state index in [9.17, 15) is 0 Å². The van der Waals surface area contributed by atoms with Crippen LogP contribution in [0, 0.1) is 5.41 Å². The van der Waals surface area contributed by atoms with Gasteiger partial charge < -0.3 is 5.43 Å². The summed E-state index contributed by atoms with van der Waals surface area (Å²) in [5, 5.41) is 0. The molecular weight excluding hydrogens is 132 g/mol. The first kappa shape index (κ1) is 8.85. The van der Waals surface area contributed by atoms with Crippen LogP contribution in [0.3, 0.4) is 0 Å². The number of nitrogens with one attached hydrogen (secondary N) is 1. The predicted octanol–water partition coefficient (Wildman–Crippen LogP) is 1.27. The van der Waals surface area contributed by atoms with Crippen LogP contribution in [-0.4, -0.2) is 0 Å². The van der Waals surface area contributed by atoms with E-state index < -0.39 is 0 Å². The zero-order valence-electron chi connectivity index (χ0n) is 6.10. The lowest BCUT2D eigenvalue weighted by molar-refractivity contribution is 0.530. The lowest BCUT2D eigenvalue weighted by Gasteiger charge is -2.17. The van der Waals surface area contributed by atoms with Crippen LogP contribution in [-0.2, 0) is 0 Å². The number of rotatable bonds is 1. The maximum atomic E-state index is 5.05. The number of allylic oxidation sites excluding steroid dienone is 1. The fourth-order valence-electron chi connectivity index (χ4n) is 0.295. The summed E-state index contributed by atoms with van der Waals surface area (Å²) in [5.41, 5.74) is 2.53. The highest BCUT2D eigenvalue weighted by molar-refractivity contribution is 7.84. The van der Waals surface area contributed by atoms with Crippen LogP contribution < -0.4 is 11.3 Å². The van der Waals surface area contributed by atoms with Crippen molar-refractivity contribution in [2.75, 3.05) is 0 Å². The van der Waals surface area contributed by atoms with E-state index in [-0.39, 0.29) is 5.41 Å². The molecule has 3 N–H and O–H groups in total. The third-order valence-corrected chi connectivity index (χ3v) is 1.79. The van der Waals surface area contributed by atoms with Crippen molar-refractivity contribution in [2.24, 2.45) is 11.3 Å². The van der Waals surface area contributed by atoms with Crippen LogP contribution >= 0.6 is 12.6 Å². The second kappa shape index (κ2) is 3.13. The predicted molar refractivity (Wildman–Crippen MR) is 43.8 cm³/mol. The van der Waals surface area contributed by atoms with Crippen molar-refractivity contribution in [3.8, 4) is 0 Å². The van der Waals surface area contributed by atoms with Crippen molar-refractivity contribution in [1.29, 1.82) is 0 Å². The Morgan fingerprint density at radius 2 is 2.00 bits per heavy atom. The molecule has 0 atom stereocenters. The Balaban J connectivity index is 4.03. The molecule has 0 bridgehead atoms. The normalized spacial score (nSPS) is 13.7. The molecule has 0 saturated heterocycles. The van der Waals surface area contributed by atoms with Crippen molar-refractivity contribution < 1.29 is 0 Å². The minimum absolute atomic E-state index is 0.0927. The average molecular weight is 146 g/mol. The molecular formula is C6H14N2S. The standard InChI is InChI=1S/C6H14N2S/c1-6(2,3)5(9)4-8-7/h4,8-9H,7H2,1-3H3/b5-4-. The number of hydrogen-bond donors (Lipinski definition) is 3. The summed E-state index contributed by atoms with van der Waals surface area (Å²) in [6.45, 7) is 6.22. The molecule has 2 nitrogen and oxygen atoms in total. The number of nitrogens with two attached hydrogens (primary N) is 1. The Morgan fingerprint density at radius 3 is 2.11 bits per heavy atom. The van der Waals surface area contributed by atoms with Crippen LogP contribution in [0.5, 0.6) is 0 Å². The smallest absolute Gasteiger partial charge is 0.0221 e. The van der Waals surface area contributed by atoms with Crippen molar-refractivity contribution in [2.45, 2.75) is 20.8 Å². The lowest BCUT2D eigenvalue weighted by Crippen LogP contribution is -2.17. The van der Waals surface area contributed by atoms with E-state index in [2.05, 4.69) is 38.8 Å². The quantitative estimate of drug-likeness (QED) is 0.296. The number of thiol groups is 1. The second-order valence-electron chi connectivity index (χ2n) is 2.95. The van der Waals surface area contributed by atoms with E-state index in [0.717, 1.165) is 4.91 Å². The minimum Gasteiger partial charge on any atom is -0.331 e. The van der Waals surface area contributed by atoms with Gasteiger partial charge in [-0.1, -0.05) is 20.8 Å². The molecule has 0 unspecified atom stereocenters. The summed E-state index contributed by atoms with van der Waals surface area (Å²) in [6.07, 6.45) is 1.68. The molecule has 0 aromatic rings. The molecule has 0 heterocycles. The van der Waals surface area contributed by atoms with Gasteiger partial charge in [0.1, 0.15) is 0 Å². The molecule has 54 valence electrons. The topological polar surface area (TPSA) is 38.0 Å². The van der Waals surface area contributed by atoms with E-state index in [4.69, 9.17) is 5.84 Å². The van der Waals surface area contributed by atoms with Gasteiger partial charge in [0.05, 0.1) is 0 Å². The SMILES string of the molecule is CC(C)(C)/C(S)=C/NN. The molecule has 3 heteroatoms. The van der Waals surface area contributed by atoms with Gasteiger partial charge in [-0.2, -0.15) is 0 Å². The minimum atomic E-state index is 0.0927. The Hall–Kier alpha value is -0.150. The molecule has 0 aliphatic rings. The summed E-state index contributed by atoms with van der Waals surface area (Å²) < 4.78 is 0. The Labute approximate surface area is 61.9 Å². The third kappa shape index (κ3) is 3.43. The van der Waals surface area contributed by atoms with Gasteiger partial charge in [0.15, 0.2) is 0 Å². The summed E-state index contributed by atoms with van der Waals surface area (Å²) in [5.74, 6) is 5.05. The van der Waals surface area contributed by atoms with Crippen molar-refractivity contribution in [1.82, 2.24) is 5.43 Å². The van der Waals surface area contributed by atoms with Crippen LogP contribution in [0.25, 0.3) is 0 Å². The van der Waals surface area contributed by atoms with Gasteiger partial charge in [-0.25, -0.2) is 0 Å². The second-order valence-corrected chi connectivity index (χ2v) is 3.43. The van der Waals surface area contributed by atoms with Gasteiger partial charge in [-0.15, -0.1) is 12.6 Å². The highest BCUT2D eigenvalue weighted by atomic mass is 32.1. The van der Waals surface area contributed by atoms with Gasteiger partial charge in [-0.05, 0) is 5.41 Å². The van der Waals surface area contributed by atoms with Gasteiger partial charge >= 0.3 is 0 Å². The maximum Gasteiger partial charge on any atom is 0.0221 e. The first-order valence-electron chi connectivity index (χ1n) is 2.84. The van der Waals surface area contributed by atoms with E-state index in [0.29, 0.717) is 0 Å². The molecule has 9 heavy (non-hydrogen) atoms. The first-order chi connectivity index (χ1) is 3.98. The van der Waals surface area contributed by atoms with Gasteiger partial charge in [-0.3, -0.25) is 5.84 Å². The van der Waals surface area contributed by atoms with E-state index in [1.54, 1.807) is 6.20 Å². The molecule has 0 aliphatic heterocycles. The van der Waals surface area contributed by atoms with E-state index in [1.165, 1.54) is 0 Å². The Bertz CT molecular complexity index is 113. The molecule has 0 fully saturated rings. The highest BCUT2D eigenvalue weighted by Crippen LogP contribution is 2.26. The van der Waals surface area contributed by atoms with Crippen LogP contribution in [0.1, 0.15) is 20.8 Å². The fraction of sp³-hybridized carbons (Fsp3) is 0.667. The van der Waals surface area contributed by atoms with Crippen LogP contribution in [0.2, 0.25) is 0 Å². The molecule has 0 aromatic carbocycles. The summed E-state index contributed by atoms with van der Waals surface area (Å²) in [4.78, 5) is 0.949. The molecule has 0 rings (SSSR count). The van der Waals surface area contributed by atoms with Crippen molar-refractivity contribution >= 4 is 12.6 Å². The van der Waals surface area contributed by atoms with E-state index >= 15 is 0 Å². The zero-order valence-corrected chi connectivity index (χ0v) is 7.00. The summed E-state index contributed by atoms with van der Waals surface area (Å²) in [6, 6.07) is 0. The molecule has 0 radical (unpaired) electrons.